The van der Waals surface area contributed by atoms with Gasteiger partial charge >= 0.3 is 0 Å². The minimum Gasteiger partial charge on any atom is -0.382 e. The summed E-state index contributed by atoms with van der Waals surface area (Å²) in [6.07, 6.45) is 1.05. The molecule has 0 aliphatic rings. The molecular weight excluding hydrogens is 286 g/mol. The van der Waals surface area contributed by atoms with Gasteiger partial charge in [0, 0.05) is 18.5 Å². The molecule has 0 unspecified atom stereocenters. The topological polar surface area (TPSA) is 68.8 Å². The van der Waals surface area contributed by atoms with Gasteiger partial charge < -0.3 is 15.6 Å². The Morgan fingerprint density at radius 2 is 2.04 bits per heavy atom. The summed E-state index contributed by atoms with van der Waals surface area (Å²) < 4.78 is 2.27. The van der Waals surface area contributed by atoms with E-state index >= 15 is 0 Å². The van der Waals surface area contributed by atoms with Crippen molar-refractivity contribution in [2.45, 2.75) is 40.7 Å². The van der Waals surface area contributed by atoms with E-state index in [-0.39, 0.29) is 0 Å². The molecule has 0 atom stereocenters. The van der Waals surface area contributed by atoms with Crippen LogP contribution in [0.25, 0.3) is 21.9 Å². The molecule has 2 aromatic heterocycles. The highest BCUT2D eigenvalue weighted by Crippen LogP contribution is 2.32. The largest absolute Gasteiger partial charge is 0.382 e. The van der Waals surface area contributed by atoms with Gasteiger partial charge in [0.25, 0.3) is 0 Å². The zero-order valence-corrected chi connectivity index (χ0v) is 14.3. The summed E-state index contributed by atoms with van der Waals surface area (Å²) in [5.41, 5.74) is 10.2. The average Bonchev–Trinajstić information content (AvgIpc) is 2.84. The smallest absolute Gasteiger partial charge is 0.204 e. The molecule has 1 aromatic carbocycles. The molecule has 0 bridgehead atoms. The van der Waals surface area contributed by atoms with E-state index in [1.165, 1.54) is 5.56 Å². The maximum Gasteiger partial charge on any atom is 0.204 e. The highest BCUT2D eigenvalue weighted by molar-refractivity contribution is 6.08. The van der Waals surface area contributed by atoms with E-state index in [9.17, 15) is 0 Å². The number of anilines is 2. The third-order valence-electron chi connectivity index (χ3n) is 4.02. The quantitative estimate of drug-likeness (QED) is 0.748. The Morgan fingerprint density at radius 1 is 1.26 bits per heavy atom. The third-order valence-corrected chi connectivity index (χ3v) is 4.02. The standard InChI is InChI=1S/C18H25N5/c1-5-9-20-18-22-15-16(23(18)10-11(2)3)14-12(4)7-6-8-13(14)21-17(15)19/h6-8,11H,5,9-10H2,1-4H3,(H2,19,21)(H,20,22). The lowest BCUT2D eigenvalue weighted by molar-refractivity contribution is 0.536. The van der Waals surface area contributed by atoms with Gasteiger partial charge in [0.05, 0.1) is 11.0 Å². The molecular formula is C18H25N5. The van der Waals surface area contributed by atoms with Gasteiger partial charge in [-0.3, -0.25) is 0 Å². The number of nitrogens with zero attached hydrogens (tertiary/aromatic N) is 3. The van der Waals surface area contributed by atoms with Crippen molar-refractivity contribution in [2.75, 3.05) is 17.6 Å². The third kappa shape index (κ3) is 2.71. The van der Waals surface area contributed by atoms with Gasteiger partial charge in [-0.25, -0.2) is 9.97 Å². The number of hydrogen-bond acceptors (Lipinski definition) is 4. The number of hydrogen-bond donors (Lipinski definition) is 2. The van der Waals surface area contributed by atoms with Crippen LogP contribution in [-0.2, 0) is 6.54 Å². The fourth-order valence-corrected chi connectivity index (χ4v) is 3.04. The monoisotopic (exact) mass is 311 g/mol. The van der Waals surface area contributed by atoms with Crippen LogP contribution in [0.3, 0.4) is 0 Å². The van der Waals surface area contributed by atoms with Gasteiger partial charge in [0.1, 0.15) is 5.52 Å². The summed E-state index contributed by atoms with van der Waals surface area (Å²) in [6, 6.07) is 6.16. The van der Waals surface area contributed by atoms with Gasteiger partial charge in [-0.2, -0.15) is 0 Å². The van der Waals surface area contributed by atoms with Crippen LogP contribution >= 0.6 is 0 Å². The molecule has 0 spiro atoms. The summed E-state index contributed by atoms with van der Waals surface area (Å²) in [4.78, 5) is 9.31. The first kappa shape index (κ1) is 15.6. The second kappa shape index (κ2) is 6.07. The molecule has 0 saturated carbocycles. The second-order valence-corrected chi connectivity index (χ2v) is 6.53. The van der Waals surface area contributed by atoms with Crippen LogP contribution < -0.4 is 11.1 Å². The molecule has 3 N–H and O–H groups in total. The predicted octanol–water partition coefficient (Wildman–Crippen LogP) is 3.95. The van der Waals surface area contributed by atoms with E-state index in [0.717, 1.165) is 47.4 Å². The normalized spacial score (nSPS) is 11.7. The minimum atomic E-state index is 0.500. The number of nitrogens with two attached hydrogens (primary N) is 1. The fourth-order valence-electron chi connectivity index (χ4n) is 3.04. The Labute approximate surface area is 136 Å². The van der Waals surface area contributed by atoms with E-state index in [1.807, 2.05) is 12.1 Å². The van der Waals surface area contributed by atoms with Crippen LogP contribution in [0.5, 0.6) is 0 Å². The molecule has 0 aliphatic heterocycles. The number of fused-ring (bicyclic) bond motifs is 3. The summed E-state index contributed by atoms with van der Waals surface area (Å²) in [5.74, 6) is 1.91. The first-order valence-corrected chi connectivity index (χ1v) is 8.31. The highest BCUT2D eigenvalue weighted by atomic mass is 15.2. The molecule has 0 aliphatic carbocycles. The number of aryl methyl sites for hydroxylation is 1. The van der Waals surface area contributed by atoms with Crippen molar-refractivity contribution < 1.29 is 0 Å². The Balaban J connectivity index is 2.38. The lowest BCUT2D eigenvalue weighted by Gasteiger charge is -2.14. The number of pyridine rings is 1. The van der Waals surface area contributed by atoms with Crippen molar-refractivity contribution in [3.8, 4) is 0 Å². The summed E-state index contributed by atoms with van der Waals surface area (Å²) in [5, 5.41) is 4.59. The second-order valence-electron chi connectivity index (χ2n) is 6.53. The van der Waals surface area contributed by atoms with Crippen molar-refractivity contribution in [1.82, 2.24) is 14.5 Å². The highest BCUT2D eigenvalue weighted by Gasteiger charge is 2.18. The van der Waals surface area contributed by atoms with Crippen molar-refractivity contribution in [3.05, 3.63) is 23.8 Å². The van der Waals surface area contributed by atoms with Gasteiger partial charge in [-0.15, -0.1) is 0 Å². The molecule has 5 heteroatoms. The van der Waals surface area contributed by atoms with E-state index in [4.69, 9.17) is 10.7 Å². The molecule has 0 saturated heterocycles. The van der Waals surface area contributed by atoms with Crippen LogP contribution in [0.15, 0.2) is 18.2 Å². The summed E-state index contributed by atoms with van der Waals surface area (Å²) in [6.45, 7) is 10.5. The number of nitrogen functional groups attached to an aromatic ring is 1. The van der Waals surface area contributed by atoms with E-state index in [1.54, 1.807) is 0 Å². The maximum absolute atomic E-state index is 6.20. The Kier molecular flexibility index (Phi) is 4.11. The van der Waals surface area contributed by atoms with E-state index in [2.05, 4.69) is 48.6 Å². The van der Waals surface area contributed by atoms with Gasteiger partial charge in [-0.05, 0) is 30.9 Å². The number of imidazole rings is 1. The number of aromatic nitrogens is 3. The summed E-state index contributed by atoms with van der Waals surface area (Å²) in [7, 11) is 0. The molecule has 3 aromatic rings. The van der Waals surface area contributed by atoms with Crippen molar-refractivity contribution in [3.63, 3.8) is 0 Å². The molecule has 0 fully saturated rings. The molecule has 5 nitrogen and oxygen atoms in total. The lowest BCUT2D eigenvalue weighted by Crippen LogP contribution is -2.11. The van der Waals surface area contributed by atoms with Gasteiger partial charge in [0.15, 0.2) is 5.82 Å². The van der Waals surface area contributed by atoms with E-state index < -0.39 is 0 Å². The first-order valence-electron chi connectivity index (χ1n) is 8.31. The van der Waals surface area contributed by atoms with Crippen LogP contribution in [0.4, 0.5) is 11.8 Å². The Hall–Kier alpha value is -2.30. The average molecular weight is 311 g/mol. The maximum atomic E-state index is 6.20. The zero-order valence-electron chi connectivity index (χ0n) is 14.3. The van der Waals surface area contributed by atoms with Crippen LogP contribution in [0.2, 0.25) is 0 Å². The SMILES string of the molecule is CCCNc1nc2c(N)nc3cccc(C)c3c2n1CC(C)C. The molecule has 23 heavy (non-hydrogen) atoms. The van der Waals surface area contributed by atoms with Crippen molar-refractivity contribution in [1.29, 1.82) is 0 Å². The van der Waals surface area contributed by atoms with Crippen molar-refractivity contribution >= 4 is 33.7 Å². The van der Waals surface area contributed by atoms with Crippen LogP contribution in [0.1, 0.15) is 32.8 Å². The molecule has 122 valence electrons. The molecule has 2 heterocycles. The van der Waals surface area contributed by atoms with E-state index in [0.29, 0.717) is 11.7 Å². The number of nitrogens with one attached hydrogen (secondary N) is 1. The first-order chi connectivity index (χ1) is 11.0. The zero-order chi connectivity index (χ0) is 16.6. The lowest BCUT2D eigenvalue weighted by atomic mass is 10.1. The number of benzene rings is 1. The molecule has 3 rings (SSSR count). The van der Waals surface area contributed by atoms with Crippen LogP contribution in [0, 0.1) is 12.8 Å². The predicted molar refractivity (Wildman–Crippen MR) is 97.8 cm³/mol. The van der Waals surface area contributed by atoms with Crippen LogP contribution in [-0.4, -0.2) is 21.1 Å². The fraction of sp³-hybridized carbons (Fsp3) is 0.444. The van der Waals surface area contributed by atoms with Gasteiger partial charge in [0.2, 0.25) is 5.95 Å². The number of rotatable bonds is 5. The Morgan fingerprint density at radius 3 is 2.74 bits per heavy atom. The molecule has 0 amide bonds. The van der Waals surface area contributed by atoms with Gasteiger partial charge in [-0.1, -0.05) is 32.9 Å². The minimum absolute atomic E-state index is 0.500. The summed E-state index contributed by atoms with van der Waals surface area (Å²) >= 11 is 0. The molecule has 0 radical (unpaired) electrons. The Bertz CT molecular complexity index is 848. The van der Waals surface area contributed by atoms with Crippen molar-refractivity contribution in [2.24, 2.45) is 5.92 Å².